The van der Waals surface area contributed by atoms with Crippen molar-refractivity contribution in [3.05, 3.63) is 32.9 Å². The molecular weight excluding hydrogens is 316 g/mol. The topological polar surface area (TPSA) is 50.4 Å². The Bertz CT molecular complexity index is 516. The van der Waals surface area contributed by atoms with Gasteiger partial charge in [0.15, 0.2) is 0 Å². The minimum atomic E-state index is -0.992. The average molecular weight is 320 g/mol. The van der Waals surface area contributed by atoms with Gasteiger partial charge in [-0.2, -0.15) is 0 Å². The van der Waals surface area contributed by atoms with Gasteiger partial charge in [-0.1, -0.05) is 15.9 Å². The number of benzene rings is 1. The predicted molar refractivity (Wildman–Crippen MR) is 58.6 cm³/mol. The van der Waals surface area contributed by atoms with Crippen LogP contribution in [-0.4, -0.2) is 11.1 Å². The third-order valence-electron chi connectivity index (χ3n) is 1.82. The van der Waals surface area contributed by atoms with Crippen molar-refractivity contribution in [3.8, 4) is 0 Å². The molecule has 14 heavy (non-hydrogen) atoms. The van der Waals surface area contributed by atoms with E-state index in [0.29, 0.717) is 11.0 Å². The Morgan fingerprint density at radius 2 is 2.07 bits per heavy atom. The lowest BCUT2D eigenvalue weighted by atomic mass is 10.2. The molecule has 0 aliphatic carbocycles. The first-order valence-corrected chi connectivity index (χ1v) is 5.27. The van der Waals surface area contributed by atoms with Crippen LogP contribution < -0.4 is 0 Å². The summed E-state index contributed by atoms with van der Waals surface area (Å²) in [4.78, 5) is 10.8. The maximum absolute atomic E-state index is 10.8. The molecule has 0 amide bonds. The molecule has 1 aromatic heterocycles. The standard InChI is InChI=1S/C9H4Br2O3/c10-4-1-5-6(9(12)13)3-14-8(5)7(11)2-4/h1-3H,(H,12,13). The van der Waals surface area contributed by atoms with Crippen LogP contribution in [0.25, 0.3) is 11.0 Å². The van der Waals surface area contributed by atoms with E-state index in [1.807, 2.05) is 0 Å². The lowest BCUT2D eigenvalue weighted by Crippen LogP contribution is -1.93. The first-order valence-electron chi connectivity index (χ1n) is 3.69. The molecule has 72 valence electrons. The molecule has 0 unspecified atom stereocenters. The van der Waals surface area contributed by atoms with Crippen molar-refractivity contribution in [1.82, 2.24) is 0 Å². The normalized spacial score (nSPS) is 10.7. The second-order valence-electron chi connectivity index (χ2n) is 2.72. The summed E-state index contributed by atoms with van der Waals surface area (Å²) in [5.41, 5.74) is 0.715. The first kappa shape index (κ1) is 9.73. The largest absolute Gasteiger partial charge is 0.478 e. The number of aromatic carboxylic acids is 1. The molecule has 0 atom stereocenters. The maximum Gasteiger partial charge on any atom is 0.339 e. The molecule has 2 aromatic rings. The summed E-state index contributed by atoms with van der Waals surface area (Å²) in [7, 11) is 0. The minimum Gasteiger partial charge on any atom is -0.478 e. The zero-order chi connectivity index (χ0) is 10.3. The summed E-state index contributed by atoms with van der Waals surface area (Å²) >= 11 is 6.58. The lowest BCUT2D eigenvalue weighted by Gasteiger charge is -1.95. The molecule has 5 heteroatoms. The van der Waals surface area contributed by atoms with Crippen LogP contribution in [0.2, 0.25) is 0 Å². The van der Waals surface area contributed by atoms with E-state index in [2.05, 4.69) is 31.9 Å². The highest BCUT2D eigenvalue weighted by atomic mass is 79.9. The molecule has 1 aromatic carbocycles. The molecule has 0 spiro atoms. The predicted octanol–water partition coefficient (Wildman–Crippen LogP) is 3.66. The van der Waals surface area contributed by atoms with Crippen LogP contribution in [0.3, 0.4) is 0 Å². The molecule has 0 saturated carbocycles. The summed E-state index contributed by atoms with van der Waals surface area (Å²) in [6.07, 6.45) is 1.24. The summed E-state index contributed by atoms with van der Waals surface area (Å²) < 4.78 is 6.68. The summed E-state index contributed by atoms with van der Waals surface area (Å²) in [6, 6.07) is 3.52. The smallest absolute Gasteiger partial charge is 0.339 e. The van der Waals surface area contributed by atoms with Gasteiger partial charge in [-0.15, -0.1) is 0 Å². The molecule has 0 saturated heterocycles. The monoisotopic (exact) mass is 318 g/mol. The van der Waals surface area contributed by atoms with Gasteiger partial charge in [-0.25, -0.2) is 4.79 Å². The molecule has 1 N–H and O–H groups in total. The van der Waals surface area contributed by atoms with Crippen LogP contribution in [0.15, 0.2) is 31.8 Å². The Balaban J connectivity index is 2.85. The van der Waals surface area contributed by atoms with Gasteiger partial charge >= 0.3 is 5.97 Å². The number of carboxylic acid groups (broad SMARTS) is 1. The Morgan fingerprint density at radius 3 is 2.71 bits per heavy atom. The zero-order valence-corrected chi connectivity index (χ0v) is 9.92. The summed E-state index contributed by atoms with van der Waals surface area (Å²) in [5, 5.41) is 9.45. The average Bonchev–Trinajstić information content (AvgIpc) is 2.47. The van der Waals surface area contributed by atoms with Crippen LogP contribution in [-0.2, 0) is 0 Å². The van der Waals surface area contributed by atoms with E-state index in [9.17, 15) is 4.79 Å². The highest BCUT2D eigenvalue weighted by Gasteiger charge is 2.14. The van der Waals surface area contributed by atoms with Crippen molar-refractivity contribution in [1.29, 1.82) is 0 Å². The lowest BCUT2D eigenvalue weighted by molar-refractivity contribution is 0.0698. The van der Waals surface area contributed by atoms with E-state index in [1.54, 1.807) is 12.1 Å². The summed E-state index contributed by atoms with van der Waals surface area (Å²) in [5.74, 6) is -0.992. The van der Waals surface area contributed by atoms with Gasteiger partial charge in [0.25, 0.3) is 0 Å². The molecule has 0 aliphatic rings. The van der Waals surface area contributed by atoms with Gasteiger partial charge in [0.05, 0.1) is 4.47 Å². The highest BCUT2D eigenvalue weighted by Crippen LogP contribution is 2.31. The van der Waals surface area contributed by atoms with Crippen LogP contribution in [0.4, 0.5) is 0 Å². The number of hydrogen-bond donors (Lipinski definition) is 1. The van der Waals surface area contributed by atoms with Crippen molar-refractivity contribution in [3.63, 3.8) is 0 Å². The van der Waals surface area contributed by atoms with Crippen molar-refractivity contribution in [2.24, 2.45) is 0 Å². The number of halogens is 2. The second kappa shape index (κ2) is 3.40. The van der Waals surface area contributed by atoms with Crippen LogP contribution in [0, 0.1) is 0 Å². The summed E-state index contributed by atoms with van der Waals surface area (Å²) in [6.45, 7) is 0. The van der Waals surface area contributed by atoms with Crippen LogP contribution in [0.5, 0.6) is 0 Å². The van der Waals surface area contributed by atoms with Gasteiger partial charge in [0, 0.05) is 9.86 Å². The molecular formula is C9H4Br2O3. The quantitative estimate of drug-likeness (QED) is 0.872. The number of furan rings is 1. The van der Waals surface area contributed by atoms with E-state index in [0.717, 1.165) is 8.95 Å². The van der Waals surface area contributed by atoms with E-state index < -0.39 is 5.97 Å². The third-order valence-corrected chi connectivity index (χ3v) is 2.87. The Kier molecular flexibility index (Phi) is 2.36. The van der Waals surface area contributed by atoms with Crippen molar-refractivity contribution >= 4 is 48.8 Å². The van der Waals surface area contributed by atoms with E-state index in [-0.39, 0.29) is 5.56 Å². The first-order chi connectivity index (χ1) is 6.59. The molecule has 2 rings (SSSR count). The maximum atomic E-state index is 10.8. The fraction of sp³-hybridized carbons (Fsp3) is 0. The minimum absolute atomic E-state index is 0.169. The Hall–Kier alpha value is -0.810. The third kappa shape index (κ3) is 1.46. The number of fused-ring (bicyclic) bond motifs is 1. The van der Waals surface area contributed by atoms with Crippen molar-refractivity contribution < 1.29 is 14.3 Å². The molecule has 0 bridgehead atoms. The molecule has 1 heterocycles. The van der Waals surface area contributed by atoms with Gasteiger partial charge in [0.2, 0.25) is 0 Å². The van der Waals surface area contributed by atoms with E-state index in [1.165, 1.54) is 6.26 Å². The Morgan fingerprint density at radius 1 is 1.36 bits per heavy atom. The number of carboxylic acids is 1. The highest BCUT2D eigenvalue weighted by molar-refractivity contribution is 9.11. The Labute approximate surface area is 96.0 Å². The van der Waals surface area contributed by atoms with Crippen molar-refractivity contribution in [2.45, 2.75) is 0 Å². The van der Waals surface area contributed by atoms with E-state index in [4.69, 9.17) is 9.52 Å². The molecule has 0 radical (unpaired) electrons. The van der Waals surface area contributed by atoms with Gasteiger partial charge in [-0.05, 0) is 28.1 Å². The van der Waals surface area contributed by atoms with Crippen LogP contribution in [0.1, 0.15) is 10.4 Å². The SMILES string of the molecule is O=C(O)c1coc2c(Br)cc(Br)cc12. The number of carbonyl (C=O) groups is 1. The molecule has 3 nitrogen and oxygen atoms in total. The number of hydrogen-bond acceptors (Lipinski definition) is 2. The molecule has 0 aliphatic heterocycles. The zero-order valence-electron chi connectivity index (χ0n) is 6.75. The van der Waals surface area contributed by atoms with Crippen LogP contribution >= 0.6 is 31.9 Å². The second-order valence-corrected chi connectivity index (χ2v) is 4.49. The van der Waals surface area contributed by atoms with Gasteiger partial charge in [0.1, 0.15) is 17.4 Å². The van der Waals surface area contributed by atoms with Gasteiger partial charge < -0.3 is 9.52 Å². The fourth-order valence-corrected chi connectivity index (χ4v) is 2.55. The molecule has 0 fully saturated rings. The van der Waals surface area contributed by atoms with Gasteiger partial charge in [-0.3, -0.25) is 0 Å². The fourth-order valence-electron chi connectivity index (χ4n) is 1.23. The number of rotatable bonds is 1. The van der Waals surface area contributed by atoms with E-state index >= 15 is 0 Å². The van der Waals surface area contributed by atoms with Crippen molar-refractivity contribution in [2.75, 3.05) is 0 Å².